The number of hydrogen-bond acceptors (Lipinski definition) is 4. The highest BCUT2D eigenvalue weighted by molar-refractivity contribution is 5.67. The van der Waals surface area contributed by atoms with Gasteiger partial charge >= 0.3 is 0 Å². The first-order valence-corrected chi connectivity index (χ1v) is 10.8. The molecule has 3 heterocycles. The minimum atomic E-state index is 0.545. The second-order valence-corrected chi connectivity index (χ2v) is 8.37. The van der Waals surface area contributed by atoms with Gasteiger partial charge < -0.3 is 9.88 Å². The van der Waals surface area contributed by atoms with Crippen LogP contribution < -0.4 is 5.32 Å². The lowest BCUT2D eigenvalue weighted by Crippen LogP contribution is -2.34. The van der Waals surface area contributed by atoms with Crippen LogP contribution in [0.2, 0.25) is 0 Å². The Labute approximate surface area is 172 Å². The maximum Gasteiger partial charge on any atom is 0.147 e. The molecule has 0 atom stereocenters. The minimum absolute atomic E-state index is 0.545. The molecule has 5 heteroatoms. The topological polar surface area (TPSA) is 46.0 Å². The SMILES string of the molecule is Cc1ccccc1-c1cccc(CN2CCC(c3nnc4n3CCNC4)CC2)c1. The van der Waals surface area contributed by atoms with Gasteiger partial charge in [0.05, 0.1) is 6.54 Å². The summed E-state index contributed by atoms with van der Waals surface area (Å²) in [6, 6.07) is 17.7. The van der Waals surface area contributed by atoms with E-state index in [4.69, 9.17) is 0 Å². The van der Waals surface area contributed by atoms with Gasteiger partial charge in [0.25, 0.3) is 0 Å². The van der Waals surface area contributed by atoms with Crippen LogP contribution in [-0.4, -0.2) is 39.3 Å². The van der Waals surface area contributed by atoms with Gasteiger partial charge in [-0.05, 0) is 61.2 Å². The van der Waals surface area contributed by atoms with E-state index in [1.165, 1.54) is 40.9 Å². The van der Waals surface area contributed by atoms with Crippen molar-refractivity contribution < 1.29 is 0 Å². The summed E-state index contributed by atoms with van der Waals surface area (Å²) in [5.74, 6) is 2.85. The summed E-state index contributed by atoms with van der Waals surface area (Å²) in [4.78, 5) is 2.59. The van der Waals surface area contributed by atoms with Gasteiger partial charge in [-0.3, -0.25) is 4.90 Å². The molecule has 29 heavy (non-hydrogen) atoms. The van der Waals surface area contributed by atoms with Gasteiger partial charge in [-0.25, -0.2) is 0 Å². The molecule has 0 aliphatic carbocycles. The highest BCUT2D eigenvalue weighted by atomic mass is 15.3. The van der Waals surface area contributed by atoms with E-state index in [1.54, 1.807) is 0 Å². The van der Waals surface area contributed by atoms with Crippen LogP contribution in [0.15, 0.2) is 48.5 Å². The van der Waals surface area contributed by atoms with Crippen LogP contribution in [0, 0.1) is 6.92 Å². The minimum Gasteiger partial charge on any atom is -0.312 e. The molecule has 0 unspecified atom stereocenters. The second kappa shape index (κ2) is 8.09. The van der Waals surface area contributed by atoms with Crippen molar-refractivity contribution in [1.29, 1.82) is 0 Å². The predicted octanol–water partition coefficient (Wildman–Crippen LogP) is 3.74. The average Bonchev–Trinajstić information content (AvgIpc) is 3.19. The number of hydrogen-bond donors (Lipinski definition) is 1. The van der Waals surface area contributed by atoms with Crippen molar-refractivity contribution in [3.05, 3.63) is 71.3 Å². The first kappa shape index (κ1) is 18.5. The zero-order valence-electron chi connectivity index (χ0n) is 17.1. The lowest BCUT2D eigenvalue weighted by Gasteiger charge is -2.32. The molecule has 2 aromatic carbocycles. The zero-order valence-corrected chi connectivity index (χ0v) is 17.1. The number of aryl methyl sites for hydroxylation is 1. The molecule has 3 aromatic rings. The van der Waals surface area contributed by atoms with E-state index in [0.717, 1.165) is 45.1 Å². The fourth-order valence-electron chi connectivity index (χ4n) is 4.76. The van der Waals surface area contributed by atoms with Gasteiger partial charge in [-0.1, -0.05) is 42.5 Å². The number of likely N-dealkylation sites (tertiary alicyclic amines) is 1. The standard InChI is InChI=1S/C24H29N5/c1-18-5-2-3-8-22(18)21-7-4-6-19(15-21)17-28-12-9-20(10-13-28)24-27-26-23-16-25-11-14-29(23)24/h2-8,15,20,25H,9-14,16-17H2,1H3. The zero-order chi connectivity index (χ0) is 19.6. The molecule has 5 nitrogen and oxygen atoms in total. The summed E-state index contributed by atoms with van der Waals surface area (Å²) in [7, 11) is 0. The molecular weight excluding hydrogens is 358 g/mol. The number of benzene rings is 2. The molecule has 2 aliphatic rings. The van der Waals surface area contributed by atoms with Crippen LogP contribution in [-0.2, 0) is 19.6 Å². The fraction of sp³-hybridized carbons (Fsp3) is 0.417. The van der Waals surface area contributed by atoms with Crippen molar-refractivity contribution in [3.8, 4) is 11.1 Å². The Morgan fingerprint density at radius 1 is 1.00 bits per heavy atom. The van der Waals surface area contributed by atoms with Gasteiger partial charge in [-0.2, -0.15) is 0 Å². The van der Waals surface area contributed by atoms with Crippen LogP contribution in [0.4, 0.5) is 0 Å². The average molecular weight is 388 g/mol. The van der Waals surface area contributed by atoms with Gasteiger partial charge in [0, 0.05) is 25.6 Å². The third kappa shape index (κ3) is 3.85. The lowest BCUT2D eigenvalue weighted by atomic mass is 9.95. The molecule has 0 radical (unpaired) electrons. The number of fused-ring (bicyclic) bond motifs is 1. The van der Waals surface area contributed by atoms with Crippen molar-refractivity contribution in [3.63, 3.8) is 0 Å². The number of rotatable bonds is 4. The molecule has 0 amide bonds. The maximum atomic E-state index is 4.54. The fourth-order valence-corrected chi connectivity index (χ4v) is 4.76. The molecule has 1 fully saturated rings. The molecule has 1 aromatic heterocycles. The molecule has 0 bridgehead atoms. The summed E-state index contributed by atoms with van der Waals surface area (Å²) < 4.78 is 2.35. The van der Waals surface area contributed by atoms with Crippen molar-refractivity contribution in [2.75, 3.05) is 19.6 Å². The van der Waals surface area contributed by atoms with E-state index in [1.807, 2.05) is 0 Å². The Hall–Kier alpha value is -2.50. The largest absolute Gasteiger partial charge is 0.312 e. The predicted molar refractivity (Wildman–Crippen MR) is 116 cm³/mol. The van der Waals surface area contributed by atoms with E-state index in [-0.39, 0.29) is 0 Å². The van der Waals surface area contributed by atoms with Crippen molar-refractivity contribution >= 4 is 0 Å². The van der Waals surface area contributed by atoms with Crippen molar-refractivity contribution in [2.45, 2.75) is 45.3 Å². The number of piperidine rings is 1. The lowest BCUT2D eigenvalue weighted by molar-refractivity contribution is 0.199. The number of aromatic nitrogens is 3. The second-order valence-electron chi connectivity index (χ2n) is 8.37. The van der Waals surface area contributed by atoms with Gasteiger partial charge in [0.15, 0.2) is 0 Å². The van der Waals surface area contributed by atoms with E-state index >= 15 is 0 Å². The van der Waals surface area contributed by atoms with Crippen LogP contribution in [0.1, 0.15) is 41.5 Å². The Balaban J connectivity index is 1.24. The molecule has 1 N–H and O–H groups in total. The van der Waals surface area contributed by atoms with Gasteiger partial charge in [0.2, 0.25) is 0 Å². The monoisotopic (exact) mass is 387 g/mol. The van der Waals surface area contributed by atoms with E-state index < -0.39 is 0 Å². The normalized spacial score (nSPS) is 18.0. The first-order valence-electron chi connectivity index (χ1n) is 10.8. The third-order valence-corrected chi connectivity index (χ3v) is 6.39. The Morgan fingerprint density at radius 2 is 1.86 bits per heavy atom. The summed E-state index contributed by atoms with van der Waals surface area (Å²) in [6.07, 6.45) is 2.34. The third-order valence-electron chi connectivity index (χ3n) is 6.39. The quantitative estimate of drug-likeness (QED) is 0.741. The van der Waals surface area contributed by atoms with Gasteiger partial charge in [-0.15, -0.1) is 10.2 Å². The summed E-state index contributed by atoms with van der Waals surface area (Å²) >= 11 is 0. The molecular formula is C24H29N5. The van der Waals surface area contributed by atoms with Crippen molar-refractivity contribution in [1.82, 2.24) is 25.0 Å². The van der Waals surface area contributed by atoms with Crippen LogP contribution in [0.3, 0.4) is 0 Å². The molecule has 2 aliphatic heterocycles. The summed E-state index contributed by atoms with van der Waals surface area (Å²) in [6.45, 7) is 8.33. The smallest absolute Gasteiger partial charge is 0.147 e. The Bertz CT molecular complexity index is 984. The Morgan fingerprint density at radius 3 is 2.72 bits per heavy atom. The molecule has 0 spiro atoms. The summed E-state index contributed by atoms with van der Waals surface area (Å²) in [5, 5.41) is 12.3. The van der Waals surface area contributed by atoms with Gasteiger partial charge in [0.1, 0.15) is 11.6 Å². The number of nitrogens with one attached hydrogen (secondary N) is 1. The van der Waals surface area contributed by atoms with E-state index in [0.29, 0.717) is 5.92 Å². The maximum absolute atomic E-state index is 4.54. The van der Waals surface area contributed by atoms with Crippen LogP contribution >= 0.6 is 0 Å². The highest BCUT2D eigenvalue weighted by Gasteiger charge is 2.27. The van der Waals surface area contributed by atoms with E-state index in [2.05, 4.69) is 80.4 Å². The summed E-state index contributed by atoms with van der Waals surface area (Å²) in [5.41, 5.74) is 5.38. The molecule has 5 rings (SSSR count). The molecule has 0 saturated carbocycles. The molecule has 150 valence electrons. The van der Waals surface area contributed by atoms with Crippen molar-refractivity contribution in [2.24, 2.45) is 0 Å². The van der Waals surface area contributed by atoms with E-state index in [9.17, 15) is 0 Å². The Kier molecular flexibility index (Phi) is 5.17. The molecule has 1 saturated heterocycles. The number of nitrogens with zero attached hydrogens (tertiary/aromatic N) is 4. The van der Waals surface area contributed by atoms with Crippen LogP contribution in [0.25, 0.3) is 11.1 Å². The van der Waals surface area contributed by atoms with Crippen LogP contribution in [0.5, 0.6) is 0 Å². The first-order chi connectivity index (χ1) is 14.3. The highest BCUT2D eigenvalue weighted by Crippen LogP contribution is 2.29.